The van der Waals surface area contributed by atoms with Gasteiger partial charge >= 0.3 is 6.09 Å². The van der Waals surface area contributed by atoms with Crippen molar-refractivity contribution in [3.63, 3.8) is 0 Å². The van der Waals surface area contributed by atoms with Crippen molar-refractivity contribution in [1.29, 1.82) is 0 Å². The third-order valence-corrected chi connectivity index (χ3v) is 6.24. The number of amides is 1. The summed E-state index contributed by atoms with van der Waals surface area (Å²) in [6.07, 6.45) is 0.278. The van der Waals surface area contributed by atoms with Crippen LogP contribution in [0.1, 0.15) is 57.6 Å². The van der Waals surface area contributed by atoms with E-state index in [2.05, 4.69) is 5.32 Å². The van der Waals surface area contributed by atoms with Crippen LogP contribution in [0, 0.1) is 11.8 Å². The second-order valence-electron chi connectivity index (χ2n) is 9.67. The Bertz CT molecular complexity index is 1060. The predicted octanol–water partition coefficient (Wildman–Crippen LogP) is 5.10. The van der Waals surface area contributed by atoms with E-state index in [4.69, 9.17) is 14.2 Å². The minimum Gasteiger partial charge on any atom is -0.497 e. The number of benzene rings is 2. The fourth-order valence-electron chi connectivity index (χ4n) is 4.08. The van der Waals surface area contributed by atoms with Crippen molar-refractivity contribution in [2.45, 2.75) is 65.5 Å². The molecule has 2 rings (SSSR count). The normalized spacial score (nSPS) is 12.4. The third kappa shape index (κ3) is 10.00. The van der Waals surface area contributed by atoms with Gasteiger partial charge in [-0.2, -0.15) is 0 Å². The number of carbonyl (C=O) groups is 4. The van der Waals surface area contributed by atoms with E-state index < -0.39 is 29.6 Å². The van der Waals surface area contributed by atoms with Gasteiger partial charge in [0.2, 0.25) is 5.78 Å². The van der Waals surface area contributed by atoms with E-state index in [9.17, 15) is 19.2 Å². The number of Topliss-reactive ketones (excluding diaryl/α,β-unsaturated/α-hetero) is 3. The molecule has 0 unspecified atom stereocenters. The van der Waals surface area contributed by atoms with Crippen molar-refractivity contribution in [3.05, 3.63) is 59.7 Å². The summed E-state index contributed by atoms with van der Waals surface area (Å²) in [5.74, 6) is -0.807. The van der Waals surface area contributed by atoms with Crippen LogP contribution >= 0.6 is 0 Å². The Kier molecular flexibility index (Phi) is 12.5. The Labute approximate surface area is 225 Å². The number of alkyl carbamates (subject to hydrolysis) is 1. The first-order chi connectivity index (χ1) is 18.2. The fraction of sp³-hybridized carbons (Fsp3) is 0.467. The van der Waals surface area contributed by atoms with Crippen LogP contribution in [0.25, 0.3) is 0 Å². The van der Waals surface area contributed by atoms with E-state index in [1.165, 1.54) is 0 Å². The fourth-order valence-corrected chi connectivity index (χ4v) is 4.08. The van der Waals surface area contributed by atoms with Crippen molar-refractivity contribution < 1.29 is 33.4 Å². The zero-order valence-electron chi connectivity index (χ0n) is 23.0. The van der Waals surface area contributed by atoms with E-state index in [1.54, 1.807) is 39.3 Å². The summed E-state index contributed by atoms with van der Waals surface area (Å²) in [4.78, 5) is 51.2. The number of rotatable bonds is 16. The minimum atomic E-state index is -0.806. The highest BCUT2D eigenvalue weighted by molar-refractivity contribution is 6.38. The molecule has 0 saturated heterocycles. The lowest BCUT2D eigenvalue weighted by atomic mass is 9.87. The highest BCUT2D eigenvalue weighted by atomic mass is 16.5. The van der Waals surface area contributed by atoms with Crippen LogP contribution in [0.2, 0.25) is 0 Å². The molecule has 38 heavy (non-hydrogen) atoms. The molecule has 0 radical (unpaired) electrons. The van der Waals surface area contributed by atoms with Gasteiger partial charge in [-0.05, 0) is 48.4 Å². The monoisotopic (exact) mass is 525 g/mol. The summed E-state index contributed by atoms with van der Waals surface area (Å²) in [5, 5.41) is 2.65. The molecule has 0 fully saturated rings. The summed E-state index contributed by atoms with van der Waals surface area (Å²) < 4.78 is 15.8. The van der Waals surface area contributed by atoms with Crippen molar-refractivity contribution in [3.8, 4) is 11.5 Å². The number of carbonyl (C=O) groups excluding carboxylic acids is 4. The first kappa shape index (κ1) is 30.5. The number of ketones is 3. The van der Waals surface area contributed by atoms with Crippen LogP contribution < -0.4 is 14.8 Å². The Balaban J connectivity index is 1.97. The molecule has 2 aromatic rings. The highest BCUT2D eigenvalue weighted by Gasteiger charge is 2.30. The van der Waals surface area contributed by atoms with Crippen LogP contribution in [0.5, 0.6) is 11.5 Å². The Morgan fingerprint density at radius 3 is 2.08 bits per heavy atom. The molecule has 0 spiro atoms. The zero-order valence-corrected chi connectivity index (χ0v) is 23.0. The second kappa shape index (κ2) is 15.5. The Morgan fingerprint density at radius 2 is 1.53 bits per heavy atom. The predicted molar refractivity (Wildman–Crippen MR) is 144 cm³/mol. The first-order valence-electron chi connectivity index (χ1n) is 13.0. The largest absolute Gasteiger partial charge is 0.497 e. The van der Waals surface area contributed by atoms with Gasteiger partial charge in [0.15, 0.2) is 11.6 Å². The summed E-state index contributed by atoms with van der Waals surface area (Å²) in [6.45, 7) is 5.74. The van der Waals surface area contributed by atoms with Crippen LogP contribution in [0.3, 0.4) is 0 Å². The molecular formula is C30H39NO7. The zero-order chi connectivity index (χ0) is 28.1. The lowest BCUT2D eigenvalue weighted by molar-refractivity contribution is -0.140. The Morgan fingerprint density at radius 1 is 0.895 bits per heavy atom. The summed E-state index contributed by atoms with van der Waals surface area (Å²) in [5.41, 5.74) is 1.64. The van der Waals surface area contributed by atoms with E-state index >= 15 is 0 Å². The van der Waals surface area contributed by atoms with Gasteiger partial charge in [-0.15, -0.1) is 0 Å². The summed E-state index contributed by atoms with van der Waals surface area (Å²) >= 11 is 0. The maximum Gasteiger partial charge on any atom is 0.408 e. The molecule has 1 N–H and O–H groups in total. The van der Waals surface area contributed by atoms with Crippen molar-refractivity contribution in [2.75, 3.05) is 14.2 Å². The quantitative estimate of drug-likeness (QED) is 0.304. The third-order valence-electron chi connectivity index (χ3n) is 6.24. The van der Waals surface area contributed by atoms with Gasteiger partial charge in [0.25, 0.3) is 0 Å². The minimum absolute atomic E-state index is 0.0132. The second-order valence-corrected chi connectivity index (χ2v) is 9.67. The number of hydrogen-bond donors (Lipinski definition) is 1. The highest BCUT2D eigenvalue weighted by Crippen LogP contribution is 2.24. The van der Waals surface area contributed by atoms with E-state index in [-0.39, 0.29) is 31.1 Å². The Hall–Kier alpha value is -3.68. The number of aryl methyl sites for hydroxylation is 1. The topological polar surface area (TPSA) is 108 Å². The molecule has 0 bridgehead atoms. The average molecular weight is 526 g/mol. The molecule has 1 amide bonds. The van der Waals surface area contributed by atoms with Gasteiger partial charge in [0, 0.05) is 24.8 Å². The molecule has 0 aliphatic rings. The standard InChI is InChI=1S/C30H39NO7/c1-6-23(29(34)27(32)13-12-22-15-24(36-4)18-25(16-22)37-5)17-28(33)26(14-20(2)3)31-30(35)38-19-21-10-8-7-9-11-21/h7-11,15-16,18,20,23,26H,6,12-14,17,19H2,1-5H3,(H,31,35)/t23-,26+/m1/s1. The molecule has 0 heterocycles. The van der Waals surface area contributed by atoms with Crippen molar-refractivity contribution in [2.24, 2.45) is 11.8 Å². The lowest BCUT2D eigenvalue weighted by Gasteiger charge is -2.21. The molecule has 0 aliphatic carbocycles. The van der Waals surface area contributed by atoms with E-state index in [1.807, 2.05) is 44.2 Å². The maximum absolute atomic E-state index is 13.1. The van der Waals surface area contributed by atoms with Gasteiger partial charge in [0.1, 0.15) is 18.1 Å². The van der Waals surface area contributed by atoms with Gasteiger partial charge in [-0.1, -0.05) is 51.1 Å². The molecule has 8 nitrogen and oxygen atoms in total. The molecule has 206 valence electrons. The molecule has 2 aromatic carbocycles. The van der Waals surface area contributed by atoms with Gasteiger partial charge < -0.3 is 19.5 Å². The van der Waals surface area contributed by atoms with Gasteiger partial charge in [-0.3, -0.25) is 14.4 Å². The summed E-state index contributed by atoms with van der Waals surface area (Å²) in [6, 6.07) is 13.7. The van der Waals surface area contributed by atoms with Gasteiger partial charge in [-0.25, -0.2) is 4.79 Å². The number of ether oxygens (including phenoxy) is 3. The maximum atomic E-state index is 13.1. The van der Waals surface area contributed by atoms with E-state index in [0.717, 1.165) is 11.1 Å². The molecule has 0 aliphatic heterocycles. The van der Waals surface area contributed by atoms with E-state index in [0.29, 0.717) is 30.8 Å². The van der Waals surface area contributed by atoms with Crippen molar-refractivity contribution >= 4 is 23.4 Å². The summed E-state index contributed by atoms with van der Waals surface area (Å²) in [7, 11) is 3.08. The average Bonchev–Trinajstić information content (AvgIpc) is 2.92. The lowest BCUT2D eigenvalue weighted by Crippen LogP contribution is -2.43. The van der Waals surface area contributed by atoms with Crippen LogP contribution in [0.15, 0.2) is 48.5 Å². The molecule has 0 aromatic heterocycles. The molecule has 0 saturated carbocycles. The smallest absolute Gasteiger partial charge is 0.408 e. The molecular weight excluding hydrogens is 486 g/mol. The van der Waals surface area contributed by atoms with Crippen LogP contribution in [-0.2, 0) is 32.1 Å². The van der Waals surface area contributed by atoms with Crippen molar-refractivity contribution in [1.82, 2.24) is 5.32 Å². The molecule has 8 heteroatoms. The number of methoxy groups -OCH3 is 2. The van der Waals surface area contributed by atoms with Crippen LogP contribution in [0.4, 0.5) is 4.79 Å². The SMILES string of the molecule is CC[C@H](CC(=O)[C@H](CC(C)C)NC(=O)OCc1ccccc1)C(=O)C(=O)CCc1cc(OC)cc(OC)c1. The van der Waals surface area contributed by atoms with Crippen LogP contribution in [-0.4, -0.2) is 43.7 Å². The number of nitrogens with one attached hydrogen (secondary N) is 1. The first-order valence-corrected chi connectivity index (χ1v) is 13.0. The van der Waals surface area contributed by atoms with Gasteiger partial charge in [0.05, 0.1) is 20.3 Å². The molecule has 2 atom stereocenters. The number of hydrogen-bond acceptors (Lipinski definition) is 7.